The van der Waals surface area contributed by atoms with Crippen molar-refractivity contribution in [2.24, 2.45) is 5.92 Å². The lowest BCUT2D eigenvalue weighted by Gasteiger charge is -2.05. The molecule has 0 saturated carbocycles. The lowest BCUT2D eigenvalue weighted by molar-refractivity contribution is 0.108. The van der Waals surface area contributed by atoms with Crippen LogP contribution in [0.2, 0.25) is 0 Å². The van der Waals surface area contributed by atoms with Crippen molar-refractivity contribution in [2.75, 3.05) is 12.4 Å². The third-order valence-electron chi connectivity index (χ3n) is 1.82. The Balaban J connectivity index is 0.00000196. The van der Waals surface area contributed by atoms with Crippen LogP contribution in [-0.4, -0.2) is 22.6 Å². The molecule has 0 spiro atoms. The zero-order valence-corrected chi connectivity index (χ0v) is 10.2. The van der Waals surface area contributed by atoms with Gasteiger partial charge in [-0.1, -0.05) is 49.0 Å². The van der Waals surface area contributed by atoms with Gasteiger partial charge >= 0.3 is 0 Å². The van der Waals surface area contributed by atoms with Crippen LogP contribution < -0.4 is 0 Å². The van der Waals surface area contributed by atoms with E-state index < -0.39 is 0 Å². The largest absolute Gasteiger partial charge is 0.396 e. The molecule has 0 radical (unpaired) electrons. The number of aliphatic hydroxyl groups excluding tert-OH is 1. The first-order valence-electron chi connectivity index (χ1n) is 4.57. The highest BCUT2D eigenvalue weighted by Gasteiger charge is 2.08. The minimum atomic E-state index is 0. The second kappa shape index (κ2) is 7.74. The maximum atomic E-state index is 11.5. The SMILES string of the molecule is CC(CO)CSC(=O)c1ccccc1.Cl. The number of halogens is 1. The maximum absolute atomic E-state index is 11.5. The van der Waals surface area contributed by atoms with E-state index in [1.807, 2.05) is 25.1 Å². The number of rotatable bonds is 4. The topological polar surface area (TPSA) is 37.3 Å². The van der Waals surface area contributed by atoms with Crippen LogP contribution in [0, 0.1) is 5.92 Å². The molecule has 1 unspecified atom stereocenters. The van der Waals surface area contributed by atoms with E-state index in [4.69, 9.17) is 5.11 Å². The normalized spacial score (nSPS) is 11.6. The number of aliphatic hydroxyl groups is 1. The smallest absolute Gasteiger partial charge is 0.219 e. The molecular formula is C11H15ClO2S. The summed E-state index contributed by atoms with van der Waals surface area (Å²) >= 11 is 1.26. The number of hydrogen-bond donors (Lipinski definition) is 1. The van der Waals surface area contributed by atoms with Crippen LogP contribution in [-0.2, 0) is 0 Å². The molecule has 0 aliphatic heterocycles. The van der Waals surface area contributed by atoms with Gasteiger partial charge < -0.3 is 5.11 Å². The highest BCUT2D eigenvalue weighted by Crippen LogP contribution is 2.14. The molecule has 0 amide bonds. The fourth-order valence-electron chi connectivity index (χ4n) is 0.928. The van der Waals surface area contributed by atoms with Crippen molar-refractivity contribution >= 4 is 29.3 Å². The molecule has 15 heavy (non-hydrogen) atoms. The summed E-state index contributed by atoms with van der Waals surface area (Å²) in [6.07, 6.45) is 0. The average molecular weight is 247 g/mol. The molecule has 0 bridgehead atoms. The quantitative estimate of drug-likeness (QED) is 0.888. The molecule has 1 aromatic rings. The third-order valence-corrected chi connectivity index (χ3v) is 3.05. The van der Waals surface area contributed by atoms with Gasteiger partial charge in [-0.2, -0.15) is 0 Å². The van der Waals surface area contributed by atoms with Crippen molar-refractivity contribution in [3.8, 4) is 0 Å². The summed E-state index contributed by atoms with van der Waals surface area (Å²) < 4.78 is 0. The Morgan fingerprint density at radius 3 is 2.53 bits per heavy atom. The van der Waals surface area contributed by atoms with Gasteiger partial charge in [0.15, 0.2) is 0 Å². The zero-order valence-electron chi connectivity index (χ0n) is 8.55. The minimum absolute atomic E-state index is 0. The molecule has 1 N–H and O–H groups in total. The number of carbonyl (C=O) groups excluding carboxylic acids is 1. The Kier molecular flexibility index (Phi) is 7.48. The molecule has 0 heterocycles. The second-order valence-corrected chi connectivity index (χ2v) is 4.25. The lowest BCUT2D eigenvalue weighted by Crippen LogP contribution is -2.06. The molecule has 0 aliphatic carbocycles. The van der Waals surface area contributed by atoms with Gasteiger partial charge in [-0.3, -0.25) is 4.79 Å². The van der Waals surface area contributed by atoms with Gasteiger partial charge in [-0.25, -0.2) is 0 Å². The minimum Gasteiger partial charge on any atom is -0.396 e. The fraction of sp³-hybridized carbons (Fsp3) is 0.364. The molecule has 84 valence electrons. The molecule has 2 nitrogen and oxygen atoms in total. The van der Waals surface area contributed by atoms with Crippen LogP contribution in [0.5, 0.6) is 0 Å². The van der Waals surface area contributed by atoms with E-state index in [2.05, 4.69) is 0 Å². The fourth-order valence-corrected chi connectivity index (χ4v) is 1.77. The van der Waals surface area contributed by atoms with Gasteiger partial charge in [0.25, 0.3) is 0 Å². The van der Waals surface area contributed by atoms with Gasteiger partial charge in [0, 0.05) is 17.9 Å². The van der Waals surface area contributed by atoms with Gasteiger partial charge in [0.05, 0.1) is 0 Å². The maximum Gasteiger partial charge on any atom is 0.219 e. The van der Waals surface area contributed by atoms with Gasteiger partial charge in [0.1, 0.15) is 0 Å². The molecular weight excluding hydrogens is 232 g/mol. The molecule has 0 saturated heterocycles. The van der Waals surface area contributed by atoms with Crippen molar-refractivity contribution in [2.45, 2.75) is 6.92 Å². The van der Waals surface area contributed by atoms with Crippen LogP contribution in [0.3, 0.4) is 0 Å². The van der Waals surface area contributed by atoms with Crippen LogP contribution in [0.4, 0.5) is 0 Å². The second-order valence-electron chi connectivity index (χ2n) is 3.25. The van der Waals surface area contributed by atoms with E-state index in [1.165, 1.54) is 11.8 Å². The van der Waals surface area contributed by atoms with E-state index in [0.29, 0.717) is 5.75 Å². The van der Waals surface area contributed by atoms with E-state index in [1.54, 1.807) is 12.1 Å². The average Bonchev–Trinajstić information content (AvgIpc) is 2.26. The summed E-state index contributed by atoms with van der Waals surface area (Å²) in [4.78, 5) is 11.5. The van der Waals surface area contributed by atoms with E-state index in [-0.39, 0.29) is 30.0 Å². The van der Waals surface area contributed by atoms with Crippen molar-refractivity contribution in [1.82, 2.24) is 0 Å². The molecule has 0 fully saturated rings. The number of hydrogen-bond acceptors (Lipinski definition) is 3. The highest BCUT2D eigenvalue weighted by atomic mass is 35.5. The molecule has 0 aliphatic rings. The number of benzene rings is 1. The monoisotopic (exact) mass is 246 g/mol. The summed E-state index contributed by atoms with van der Waals surface area (Å²) in [5.74, 6) is 0.845. The Labute approximate surface area is 100 Å². The Morgan fingerprint density at radius 2 is 2.00 bits per heavy atom. The number of thioether (sulfide) groups is 1. The Hall–Kier alpha value is -0.510. The molecule has 1 aromatic carbocycles. The molecule has 1 atom stereocenters. The summed E-state index contributed by atoms with van der Waals surface area (Å²) in [6, 6.07) is 9.20. The van der Waals surface area contributed by atoms with Crippen molar-refractivity contribution in [3.63, 3.8) is 0 Å². The highest BCUT2D eigenvalue weighted by molar-refractivity contribution is 8.14. The van der Waals surface area contributed by atoms with Crippen LogP contribution in [0.1, 0.15) is 17.3 Å². The van der Waals surface area contributed by atoms with Crippen molar-refractivity contribution < 1.29 is 9.90 Å². The summed E-state index contributed by atoms with van der Waals surface area (Å²) in [5, 5.41) is 8.87. The van der Waals surface area contributed by atoms with E-state index in [9.17, 15) is 4.79 Å². The zero-order chi connectivity index (χ0) is 10.4. The van der Waals surface area contributed by atoms with E-state index >= 15 is 0 Å². The first kappa shape index (κ1) is 14.5. The summed E-state index contributed by atoms with van der Waals surface area (Å²) in [7, 11) is 0. The first-order chi connectivity index (χ1) is 6.74. The third kappa shape index (κ3) is 5.21. The summed E-state index contributed by atoms with van der Waals surface area (Å²) in [5.41, 5.74) is 0.725. The molecule has 4 heteroatoms. The van der Waals surface area contributed by atoms with Crippen molar-refractivity contribution in [3.05, 3.63) is 35.9 Å². The standard InChI is InChI=1S/C11H14O2S.ClH/c1-9(7-12)8-14-11(13)10-5-3-2-4-6-10;/h2-6,9,12H,7-8H2,1H3;1H. The molecule has 0 aromatic heterocycles. The van der Waals surface area contributed by atoms with Gasteiger partial charge in [-0.05, 0) is 5.92 Å². The van der Waals surface area contributed by atoms with E-state index in [0.717, 1.165) is 5.56 Å². The van der Waals surface area contributed by atoms with Gasteiger partial charge in [0.2, 0.25) is 5.12 Å². The van der Waals surface area contributed by atoms with Gasteiger partial charge in [-0.15, -0.1) is 12.4 Å². The van der Waals surface area contributed by atoms with Crippen LogP contribution in [0.25, 0.3) is 0 Å². The Bertz CT molecular complexity index is 290. The summed E-state index contributed by atoms with van der Waals surface area (Å²) in [6.45, 7) is 2.06. The number of carbonyl (C=O) groups is 1. The predicted octanol–water partition coefficient (Wildman–Crippen LogP) is 2.61. The van der Waals surface area contributed by atoms with Crippen LogP contribution >= 0.6 is 24.2 Å². The molecule has 1 rings (SSSR count). The lowest BCUT2D eigenvalue weighted by atomic mass is 10.2. The predicted molar refractivity (Wildman–Crippen MR) is 66.7 cm³/mol. The van der Waals surface area contributed by atoms with Crippen LogP contribution in [0.15, 0.2) is 30.3 Å². The van der Waals surface area contributed by atoms with Crippen molar-refractivity contribution in [1.29, 1.82) is 0 Å². The Morgan fingerprint density at radius 1 is 1.40 bits per heavy atom. The first-order valence-corrected chi connectivity index (χ1v) is 5.55.